The van der Waals surface area contributed by atoms with Crippen LogP contribution in [0.2, 0.25) is 0 Å². The summed E-state index contributed by atoms with van der Waals surface area (Å²) in [6, 6.07) is 6.34. The lowest BCUT2D eigenvalue weighted by Gasteiger charge is -2.19. The molecule has 8 heteroatoms. The van der Waals surface area contributed by atoms with Gasteiger partial charge in [0.15, 0.2) is 5.96 Å². The zero-order valence-corrected chi connectivity index (χ0v) is 19.5. The number of oxazole rings is 1. The van der Waals surface area contributed by atoms with E-state index >= 15 is 0 Å². The minimum absolute atomic E-state index is 0.0503. The highest BCUT2D eigenvalue weighted by Crippen LogP contribution is 2.25. The van der Waals surface area contributed by atoms with E-state index in [1.54, 1.807) is 27.5 Å². The molecule has 2 N–H and O–H groups in total. The van der Waals surface area contributed by atoms with Gasteiger partial charge in [-0.3, -0.25) is 9.89 Å². The van der Waals surface area contributed by atoms with E-state index in [2.05, 4.69) is 58.4 Å². The molecule has 1 atom stereocenters. The summed E-state index contributed by atoms with van der Waals surface area (Å²) < 4.78 is 16.6. The van der Waals surface area contributed by atoms with Gasteiger partial charge in [0.05, 0.1) is 27.0 Å². The number of rotatable bonds is 7. The molecule has 0 radical (unpaired) electrons. The maximum Gasteiger partial charge on any atom is 0.213 e. The Hall–Kier alpha value is -2.74. The Balaban J connectivity index is 1.50. The smallest absolute Gasteiger partial charge is 0.213 e. The van der Waals surface area contributed by atoms with Crippen LogP contribution in [0.15, 0.2) is 33.8 Å². The molecule has 31 heavy (non-hydrogen) atoms. The maximum absolute atomic E-state index is 5.85. The summed E-state index contributed by atoms with van der Waals surface area (Å²) >= 11 is 0. The number of aromatic nitrogens is 1. The minimum atomic E-state index is -0.0503. The van der Waals surface area contributed by atoms with Crippen molar-refractivity contribution < 1.29 is 13.9 Å². The van der Waals surface area contributed by atoms with Crippen LogP contribution in [0.3, 0.4) is 0 Å². The molecule has 2 aromatic rings. The van der Waals surface area contributed by atoms with Crippen LogP contribution < -0.4 is 20.1 Å². The molecule has 1 aliphatic heterocycles. The lowest BCUT2D eigenvalue weighted by Crippen LogP contribution is -2.44. The molecule has 0 amide bonds. The number of nitrogens with zero attached hydrogens (tertiary/aromatic N) is 3. The molecule has 0 spiro atoms. The van der Waals surface area contributed by atoms with Gasteiger partial charge in [-0.15, -0.1) is 0 Å². The average Bonchev–Trinajstić information content (AvgIpc) is 3.40. The summed E-state index contributed by atoms with van der Waals surface area (Å²) in [5, 5.41) is 6.82. The number of methoxy groups -OCH3 is 2. The highest BCUT2D eigenvalue weighted by atomic mass is 16.5. The van der Waals surface area contributed by atoms with E-state index in [0.29, 0.717) is 18.5 Å². The van der Waals surface area contributed by atoms with Gasteiger partial charge >= 0.3 is 0 Å². The summed E-state index contributed by atoms with van der Waals surface area (Å²) in [5.74, 6) is 3.93. The number of benzene rings is 1. The molecule has 1 aromatic carbocycles. The first-order chi connectivity index (χ1) is 14.8. The van der Waals surface area contributed by atoms with Gasteiger partial charge in [0, 0.05) is 44.2 Å². The van der Waals surface area contributed by atoms with Crippen LogP contribution >= 0.6 is 0 Å². The quantitative estimate of drug-likeness (QED) is 0.517. The second-order valence-electron chi connectivity index (χ2n) is 8.88. The molecule has 0 bridgehead atoms. The van der Waals surface area contributed by atoms with E-state index in [-0.39, 0.29) is 5.41 Å². The van der Waals surface area contributed by atoms with Crippen molar-refractivity contribution in [2.45, 2.75) is 51.7 Å². The molecule has 1 saturated heterocycles. The Labute approximate surface area is 185 Å². The standard InChI is InChI=1S/C23H35N5O3/c1-23(2,3)20-12-25-21(31-20)13-26-22(24-4)27-17-7-8-28(15-17)14-16-9-18(29-5)11-19(10-16)30-6/h9-12,17H,7-8,13-15H2,1-6H3,(H2,24,26,27). The number of nitrogens with one attached hydrogen (secondary N) is 2. The van der Waals surface area contributed by atoms with Gasteiger partial charge in [0.1, 0.15) is 17.3 Å². The van der Waals surface area contributed by atoms with Crippen LogP contribution in [-0.4, -0.2) is 56.2 Å². The van der Waals surface area contributed by atoms with Gasteiger partial charge in [0.2, 0.25) is 5.89 Å². The number of hydrogen-bond donors (Lipinski definition) is 2. The largest absolute Gasteiger partial charge is 0.497 e. The summed E-state index contributed by atoms with van der Waals surface area (Å²) in [5.41, 5.74) is 1.13. The van der Waals surface area contributed by atoms with Crippen molar-refractivity contribution in [3.63, 3.8) is 0 Å². The van der Waals surface area contributed by atoms with E-state index in [4.69, 9.17) is 13.9 Å². The lowest BCUT2D eigenvalue weighted by molar-refractivity contribution is 0.321. The third kappa shape index (κ3) is 6.37. The van der Waals surface area contributed by atoms with Gasteiger partial charge < -0.3 is 24.5 Å². The van der Waals surface area contributed by atoms with Gasteiger partial charge in [-0.2, -0.15) is 0 Å². The van der Waals surface area contributed by atoms with E-state index in [1.807, 2.05) is 6.07 Å². The van der Waals surface area contributed by atoms with Gasteiger partial charge in [-0.25, -0.2) is 4.98 Å². The predicted molar refractivity (Wildman–Crippen MR) is 122 cm³/mol. The highest BCUT2D eigenvalue weighted by Gasteiger charge is 2.24. The van der Waals surface area contributed by atoms with Crippen molar-refractivity contribution >= 4 is 5.96 Å². The molecule has 1 aromatic heterocycles. The summed E-state index contributed by atoms with van der Waals surface area (Å²) in [6.07, 6.45) is 2.85. The molecular weight excluding hydrogens is 394 g/mol. The molecule has 0 saturated carbocycles. The normalized spacial score (nSPS) is 17.6. The minimum Gasteiger partial charge on any atom is -0.497 e. The Morgan fingerprint density at radius 1 is 1.23 bits per heavy atom. The Kier molecular flexibility index (Phi) is 7.43. The van der Waals surface area contributed by atoms with Crippen LogP contribution in [0.5, 0.6) is 11.5 Å². The van der Waals surface area contributed by atoms with Gasteiger partial charge in [0.25, 0.3) is 0 Å². The zero-order valence-electron chi connectivity index (χ0n) is 19.5. The van der Waals surface area contributed by atoms with Crippen molar-refractivity contribution in [1.82, 2.24) is 20.5 Å². The molecular formula is C23H35N5O3. The van der Waals surface area contributed by atoms with Crippen LogP contribution in [0.25, 0.3) is 0 Å². The summed E-state index contributed by atoms with van der Waals surface area (Å²) in [4.78, 5) is 11.1. The number of hydrogen-bond acceptors (Lipinski definition) is 6. The van der Waals surface area contributed by atoms with Crippen LogP contribution in [0, 0.1) is 0 Å². The van der Waals surface area contributed by atoms with E-state index in [9.17, 15) is 0 Å². The van der Waals surface area contributed by atoms with Gasteiger partial charge in [-0.1, -0.05) is 20.8 Å². The molecule has 2 heterocycles. The third-order valence-corrected chi connectivity index (χ3v) is 5.35. The van der Waals surface area contributed by atoms with Gasteiger partial charge in [-0.05, 0) is 24.1 Å². The molecule has 1 fully saturated rings. The van der Waals surface area contributed by atoms with Crippen molar-refractivity contribution in [3.8, 4) is 11.5 Å². The predicted octanol–water partition coefficient (Wildman–Crippen LogP) is 2.93. The zero-order chi connectivity index (χ0) is 22.4. The molecule has 1 unspecified atom stereocenters. The van der Waals surface area contributed by atoms with E-state index in [0.717, 1.165) is 49.3 Å². The highest BCUT2D eigenvalue weighted by molar-refractivity contribution is 5.79. The van der Waals surface area contributed by atoms with E-state index < -0.39 is 0 Å². The Bertz CT molecular complexity index is 865. The maximum atomic E-state index is 5.85. The van der Waals surface area contributed by atoms with Crippen molar-refractivity contribution in [1.29, 1.82) is 0 Å². The van der Waals surface area contributed by atoms with Crippen LogP contribution in [0.1, 0.15) is 44.4 Å². The monoisotopic (exact) mass is 429 g/mol. The number of guanidine groups is 1. The molecule has 3 rings (SSSR count). The SMILES string of the molecule is CN=C(NCc1ncc(C(C)(C)C)o1)NC1CCN(Cc2cc(OC)cc(OC)c2)C1. The van der Waals surface area contributed by atoms with Crippen LogP contribution in [-0.2, 0) is 18.5 Å². The average molecular weight is 430 g/mol. The van der Waals surface area contributed by atoms with Crippen LogP contribution in [0.4, 0.5) is 0 Å². The summed E-state index contributed by atoms with van der Waals surface area (Å²) in [6.45, 7) is 9.63. The first-order valence-corrected chi connectivity index (χ1v) is 10.7. The Morgan fingerprint density at radius 2 is 1.94 bits per heavy atom. The molecule has 0 aliphatic carbocycles. The molecule has 1 aliphatic rings. The number of likely N-dealkylation sites (tertiary alicyclic amines) is 1. The second kappa shape index (κ2) is 10.0. The fourth-order valence-corrected chi connectivity index (χ4v) is 3.60. The first-order valence-electron chi connectivity index (χ1n) is 10.7. The Morgan fingerprint density at radius 3 is 2.52 bits per heavy atom. The van der Waals surface area contributed by atoms with Crippen molar-refractivity contribution in [3.05, 3.63) is 41.6 Å². The number of ether oxygens (including phenoxy) is 2. The van der Waals surface area contributed by atoms with Crippen molar-refractivity contribution in [2.75, 3.05) is 34.4 Å². The summed E-state index contributed by atoms with van der Waals surface area (Å²) in [7, 11) is 5.13. The first kappa shape index (κ1) is 22.9. The fourth-order valence-electron chi connectivity index (χ4n) is 3.60. The number of aliphatic imine (C=N–C) groups is 1. The van der Waals surface area contributed by atoms with Crippen molar-refractivity contribution in [2.24, 2.45) is 4.99 Å². The molecule has 170 valence electrons. The fraction of sp³-hybridized carbons (Fsp3) is 0.565. The second-order valence-corrected chi connectivity index (χ2v) is 8.88. The molecule has 8 nitrogen and oxygen atoms in total. The lowest BCUT2D eigenvalue weighted by atomic mass is 9.94. The van der Waals surface area contributed by atoms with E-state index in [1.165, 1.54) is 5.56 Å². The third-order valence-electron chi connectivity index (χ3n) is 5.35. The topological polar surface area (TPSA) is 84.2 Å².